The summed E-state index contributed by atoms with van der Waals surface area (Å²) in [5, 5.41) is 9.14. The smallest absolute Gasteiger partial charge is 0.162 e. The summed E-state index contributed by atoms with van der Waals surface area (Å²) in [5.41, 5.74) is -1.12. The third-order valence-corrected chi connectivity index (χ3v) is 0.959. The topological polar surface area (TPSA) is 37.3 Å². The van der Waals surface area contributed by atoms with Crippen molar-refractivity contribution in [1.29, 1.82) is 0 Å². The van der Waals surface area contributed by atoms with Crippen LogP contribution in [-0.4, -0.2) is 17.4 Å². The lowest BCUT2D eigenvalue weighted by Gasteiger charge is -1.97. The molecule has 12 heavy (non-hydrogen) atoms. The van der Waals surface area contributed by atoms with E-state index in [0.717, 1.165) is 0 Å². The molecule has 0 fully saturated rings. The molecule has 0 amide bonds. The van der Waals surface area contributed by atoms with Crippen LogP contribution in [0.3, 0.4) is 0 Å². The minimum Gasteiger partial charge on any atom is -0.396 e. The van der Waals surface area contributed by atoms with Gasteiger partial charge in [-0.2, -0.15) is 0 Å². The van der Waals surface area contributed by atoms with E-state index in [1.807, 2.05) is 0 Å². The Kier molecular flexibility index (Phi) is 0.858. The maximum absolute atomic E-state index is 12.3. The van der Waals surface area contributed by atoms with Crippen molar-refractivity contribution in [2.75, 3.05) is 6.56 Å². The first kappa shape index (κ1) is 2.20. The molecule has 1 aromatic carbocycles. The van der Waals surface area contributed by atoms with Gasteiger partial charge in [0.1, 0.15) is 0 Å². The van der Waals surface area contributed by atoms with E-state index in [1.165, 1.54) is 0 Å². The van der Waals surface area contributed by atoms with Gasteiger partial charge in [0.15, 0.2) is 5.78 Å². The van der Waals surface area contributed by atoms with Gasteiger partial charge in [0.25, 0.3) is 0 Å². The lowest BCUT2D eigenvalue weighted by molar-refractivity contribution is 0.0971. The van der Waals surface area contributed by atoms with E-state index in [9.17, 15) is 4.79 Å². The highest BCUT2D eigenvalue weighted by Gasteiger charge is 2.02. The van der Waals surface area contributed by atoms with Crippen molar-refractivity contribution < 1.29 is 25.0 Å². The molecule has 0 saturated heterocycles. The number of ketones is 1. The zero-order valence-corrected chi connectivity index (χ0v) is 5.86. The van der Waals surface area contributed by atoms with Gasteiger partial charge >= 0.3 is 0 Å². The first-order chi connectivity index (χ1) is 10.1. The van der Waals surface area contributed by atoms with Crippen molar-refractivity contribution in [1.82, 2.24) is 0 Å². The van der Waals surface area contributed by atoms with Crippen molar-refractivity contribution in [3.8, 4) is 0 Å². The number of rotatable bonds is 4. The number of hydrogen-bond acceptors (Lipinski definition) is 2. The number of hydrogen-bond donors (Lipinski definition) is 1. The molecule has 2 nitrogen and oxygen atoms in total. The van der Waals surface area contributed by atoms with Crippen LogP contribution in [0, 0.1) is 0 Å². The van der Waals surface area contributed by atoms with Gasteiger partial charge in [-0.15, -0.1) is 0 Å². The Morgan fingerprint density at radius 2 is 2.17 bits per heavy atom. The van der Waals surface area contributed by atoms with Gasteiger partial charge in [0.2, 0.25) is 0 Å². The second-order valence-corrected chi connectivity index (χ2v) is 1.69. The summed E-state index contributed by atoms with van der Waals surface area (Å²) in [6.07, 6.45) is -7.43. The van der Waals surface area contributed by atoms with Crippen LogP contribution >= 0.6 is 0 Å². The van der Waals surface area contributed by atoms with Crippen LogP contribution in [0.5, 0.6) is 0 Å². The largest absolute Gasteiger partial charge is 0.396 e. The second kappa shape index (κ2) is 4.67. The second-order valence-electron chi connectivity index (χ2n) is 1.69. The summed E-state index contributed by atoms with van der Waals surface area (Å²) in [7, 11) is 0. The minimum absolute atomic E-state index is 0.822. The van der Waals surface area contributed by atoms with E-state index in [2.05, 4.69) is 0 Å². The average Bonchev–Trinajstić information content (AvgIpc) is 2.41. The number of carbonyl (C=O) groups excluding carboxylic acids is 1. The maximum atomic E-state index is 12.3. The van der Waals surface area contributed by atoms with Crippen molar-refractivity contribution in [2.45, 2.75) is 12.7 Å². The van der Waals surface area contributed by atoms with Gasteiger partial charge in [-0.05, 0) is 6.37 Å². The van der Waals surface area contributed by atoms with Crippen LogP contribution in [0.15, 0.2) is 30.2 Å². The molecule has 0 aliphatic heterocycles. The van der Waals surface area contributed by atoms with Gasteiger partial charge in [-0.3, -0.25) is 4.79 Å². The molecule has 0 atom stereocenters. The Hall–Kier alpha value is -1.15. The molecule has 64 valence electrons. The number of carbonyl (C=O) groups is 1. The molecule has 0 radical (unpaired) electrons. The van der Waals surface area contributed by atoms with Gasteiger partial charge in [-0.1, -0.05) is 30.2 Å². The fourth-order valence-corrected chi connectivity index (χ4v) is 0.511. The number of Topliss-reactive ketones (excluding diaryl/α,β-unsaturated/α-hetero) is 1. The normalized spacial score (nSPS) is 26.6. The minimum atomic E-state index is -3.75. The third-order valence-electron chi connectivity index (χ3n) is 0.959. The summed E-state index contributed by atoms with van der Waals surface area (Å²) in [6, 6.07) is -4.74. The monoisotopic (exact) mass is 175 g/mol. The highest BCUT2D eigenvalue weighted by molar-refractivity contribution is 5.95. The van der Waals surface area contributed by atoms with Crippen LogP contribution in [0.2, 0.25) is 0 Å². The SMILES string of the molecule is [2H]c1c([2H])c([2H])c(C(=O)C([2H])([2H])C([2H])([2H])C([2H])([2H])O)c([2H])c1[2H]. The van der Waals surface area contributed by atoms with E-state index in [0.29, 0.717) is 0 Å². The molecule has 0 saturated carbocycles. The number of benzene rings is 1. The number of aliphatic hydroxyl groups is 1. The highest BCUT2D eigenvalue weighted by atomic mass is 16.3. The molecule has 0 bridgehead atoms. The fraction of sp³-hybridized carbons (Fsp3) is 0.300. The quantitative estimate of drug-likeness (QED) is 0.706. The Bertz CT molecular complexity index is 633. The van der Waals surface area contributed by atoms with Crippen molar-refractivity contribution in [3.63, 3.8) is 0 Å². The summed E-state index contributed by atoms with van der Waals surface area (Å²) in [5.74, 6) is -1.86. The Morgan fingerprint density at radius 3 is 2.75 bits per heavy atom. The van der Waals surface area contributed by atoms with Gasteiger partial charge < -0.3 is 5.11 Å². The van der Waals surface area contributed by atoms with E-state index in [4.69, 9.17) is 20.2 Å². The first-order valence-corrected chi connectivity index (χ1v) is 2.93. The van der Waals surface area contributed by atoms with E-state index < -0.39 is 60.9 Å². The van der Waals surface area contributed by atoms with Gasteiger partial charge in [-0.25, -0.2) is 0 Å². The molecule has 0 aliphatic rings. The lowest BCUT2D eigenvalue weighted by atomic mass is 10.1. The van der Waals surface area contributed by atoms with Crippen LogP contribution in [-0.2, 0) is 0 Å². The predicted octanol–water partition coefficient (Wildman–Crippen LogP) is 1.64. The Balaban J connectivity index is 3.65. The summed E-state index contributed by atoms with van der Waals surface area (Å²) < 4.78 is 80.9. The molecule has 1 N–H and O–H groups in total. The third kappa shape index (κ3) is 2.47. The molecule has 0 unspecified atom stereocenters. The van der Waals surface area contributed by atoms with Crippen molar-refractivity contribution in [2.24, 2.45) is 0 Å². The van der Waals surface area contributed by atoms with Crippen molar-refractivity contribution in [3.05, 3.63) is 35.8 Å². The molecule has 0 heterocycles. The fourth-order valence-electron chi connectivity index (χ4n) is 0.511. The molecule has 1 rings (SSSR count). The summed E-state index contributed by atoms with van der Waals surface area (Å²) in [4.78, 5) is 12.3. The van der Waals surface area contributed by atoms with Crippen LogP contribution in [0.1, 0.15) is 38.2 Å². The Labute approximate surface area is 87.3 Å². The standard InChI is InChI=1S/C10H12O2/c11-8-4-7-10(12)9-5-2-1-3-6-9/h1-3,5-6,11H,4,7-8H2/i1D,2D,3D,4D2,5D,6D,7D2,8D2. The molecule has 0 spiro atoms. The molecular formula is C10H12O2. The molecular weight excluding hydrogens is 152 g/mol. The van der Waals surface area contributed by atoms with Crippen LogP contribution < -0.4 is 0 Å². The van der Waals surface area contributed by atoms with Crippen molar-refractivity contribution >= 4 is 5.78 Å². The zero-order valence-electron chi connectivity index (χ0n) is 16.9. The summed E-state index contributed by atoms with van der Waals surface area (Å²) >= 11 is 0. The molecule has 1 aromatic rings. The summed E-state index contributed by atoms with van der Waals surface area (Å²) in [6.45, 7) is -3.75. The van der Waals surface area contributed by atoms with E-state index in [1.54, 1.807) is 0 Å². The maximum Gasteiger partial charge on any atom is 0.162 e. The highest BCUT2D eigenvalue weighted by Crippen LogP contribution is 2.03. The molecule has 0 aromatic heterocycles. The van der Waals surface area contributed by atoms with Gasteiger partial charge in [0.05, 0.1) is 9.60 Å². The Morgan fingerprint density at radius 1 is 1.50 bits per heavy atom. The zero-order chi connectivity index (χ0) is 18.5. The molecule has 2 heteroatoms. The van der Waals surface area contributed by atoms with Crippen LogP contribution in [0.4, 0.5) is 0 Å². The van der Waals surface area contributed by atoms with Gasteiger partial charge in [0, 0.05) is 24.0 Å². The molecule has 0 aliphatic carbocycles. The van der Waals surface area contributed by atoms with E-state index >= 15 is 0 Å². The van der Waals surface area contributed by atoms with Crippen LogP contribution in [0.25, 0.3) is 0 Å². The predicted molar refractivity (Wildman–Crippen MR) is 47.1 cm³/mol. The average molecular weight is 175 g/mol. The lowest BCUT2D eigenvalue weighted by Crippen LogP contribution is -1.99. The van der Waals surface area contributed by atoms with E-state index in [-0.39, 0.29) is 0 Å². The first-order valence-electron chi connectivity index (χ1n) is 8.43.